The molecule has 3 saturated heterocycles. The summed E-state index contributed by atoms with van der Waals surface area (Å²) in [7, 11) is 3.87. The third-order valence-electron chi connectivity index (χ3n) is 8.09. The smallest absolute Gasteiger partial charge is 0.410 e. The van der Waals surface area contributed by atoms with Gasteiger partial charge in [0.25, 0.3) is 6.43 Å². The Balaban J connectivity index is 1.21. The predicted molar refractivity (Wildman–Crippen MR) is 146 cm³/mol. The van der Waals surface area contributed by atoms with Gasteiger partial charge in [-0.25, -0.2) is 18.6 Å². The van der Waals surface area contributed by atoms with Crippen LogP contribution >= 0.6 is 0 Å². The highest BCUT2D eigenvalue weighted by molar-refractivity contribution is 5.88. The summed E-state index contributed by atoms with van der Waals surface area (Å²) >= 11 is 0. The zero-order chi connectivity index (χ0) is 28.8. The summed E-state index contributed by atoms with van der Waals surface area (Å²) in [5.74, 6) is 0.498. The van der Waals surface area contributed by atoms with Crippen LogP contribution in [0.5, 0.6) is 0 Å². The average molecular weight is 560 g/mol. The Morgan fingerprint density at radius 3 is 2.50 bits per heavy atom. The number of ether oxygens (including phenoxy) is 1. The summed E-state index contributed by atoms with van der Waals surface area (Å²) in [6.07, 6.45) is 5.11. The Morgan fingerprint density at radius 2 is 1.90 bits per heavy atom. The minimum absolute atomic E-state index is 0.00475. The molecule has 40 heavy (non-hydrogen) atoms. The first kappa shape index (κ1) is 28.3. The van der Waals surface area contributed by atoms with Gasteiger partial charge in [0.05, 0.1) is 19.3 Å². The molecule has 2 aromatic heterocycles. The van der Waals surface area contributed by atoms with Gasteiger partial charge in [0.2, 0.25) is 5.91 Å². The molecule has 0 aliphatic carbocycles. The van der Waals surface area contributed by atoms with Crippen LogP contribution in [0.3, 0.4) is 0 Å². The Morgan fingerprint density at radius 1 is 1.23 bits per heavy atom. The van der Waals surface area contributed by atoms with Crippen LogP contribution in [0.1, 0.15) is 70.1 Å². The number of amides is 2. The van der Waals surface area contributed by atoms with Crippen LogP contribution in [0, 0.1) is 0 Å². The van der Waals surface area contributed by atoms with Crippen molar-refractivity contribution in [1.29, 1.82) is 0 Å². The number of carbonyl (C=O) groups is 2. The Hall–Kier alpha value is -3.28. The van der Waals surface area contributed by atoms with Crippen molar-refractivity contribution >= 4 is 23.5 Å². The average Bonchev–Trinajstić information content (AvgIpc) is 3.41. The first-order valence-electron chi connectivity index (χ1n) is 14.0. The van der Waals surface area contributed by atoms with Crippen LogP contribution < -0.4 is 5.32 Å². The maximum absolute atomic E-state index is 13.7. The van der Waals surface area contributed by atoms with Gasteiger partial charge in [-0.05, 0) is 52.6 Å². The third kappa shape index (κ3) is 5.63. The SMILES string of the molecule is CC(C)c1cnn2c(NC3CC4CCC(C3)N4C(=O)OC3(C)CN(C(=O)/C=C/CN(C)C)C3)cc(C(F)F)nc12. The van der Waals surface area contributed by atoms with Gasteiger partial charge in [0.15, 0.2) is 5.65 Å². The van der Waals surface area contributed by atoms with E-state index in [9.17, 15) is 18.4 Å². The predicted octanol–water partition coefficient (Wildman–Crippen LogP) is 4.05. The molecule has 0 saturated carbocycles. The fourth-order valence-electron chi connectivity index (χ4n) is 6.14. The normalized spacial score (nSPS) is 24.0. The maximum Gasteiger partial charge on any atom is 0.410 e. The van der Waals surface area contributed by atoms with E-state index in [-0.39, 0.29) is 41.7 Å². The van der Waals surface area contributed by atoms with Gasteiger partial charge in [0, 0.05) is 42.4 Å². The lowest BCUT2D eigenvalue weighted by molar-refractivity contribution is -0.149. The number of hydrogen-bond donors (Lipinski definition) is 1. The van der Waals surface area contributed by atoms with Crippen LogP contribution in [0.25, 0.3) is 5.65 Å². The number of hydrogen-bond acceptors (Lipinski definition) is 7. The van der Waals surface area contributed by atoms with E-state index in [0.29, 0.717) is 43.9 Å². The molecule has 3 aliphatic heterocycles. The van der Waals surface area contributed by atoms with Gasteiger partial charge in [-0.15, -0.1) is 0 Å². The fourth-order valence-corrected chi connectivity index (χ4v) is 6.14. The number of nitrogens with zero attached hydrogens (tertiary/aromatic N) is 6. The van der Waals surface area contributed by atoms with E-state index < -0.39 is 12.0 Å². The van der Waals surface area contributed by atoms with Gasteiger partial charge in [-0.1, -0.05) is 19.9 Å². The summed E-state index contributed by atoms with van der Waals surface area (Å²) < 4.78 is 34.9. The van der Waals surface area contributed by atoms with Crippen LogP contribution in [0.15, 0.2) is 24.4 Å². The number of halogens is 2. The number of likely N-dealkylation sites (tertiary alicyclic amines) is 1. The Bertz CT molecular complexity index is 1270. The lowest BCUT2D eigenvalue weighted by atomic mass is 9.95. The molecule has 0 radical (unpaired) electrons. The van der Waals surface area contributed by atoms with Gasteiger partial charge >= 0.3 is 6.09 Å². The molecule has 2 aromatic rings. The summed E-state index contributed by atoms with van der Waals surface area (Å²) in [5.41, 5.74) is 0.265. The molecule has 1 N–H and O–H groups in total. The molecule has 12 heteroatoms. The molecule has 218 valence electrons. The third-order valence-corrected chi connectivity index (χ3v) is 8.09. The van der Waals surface area contributed by atoms with Crippen molar-refractivity contribution in [3.05, 3.63) is 35.7 Å². The van der Waals surface area contributed by atoms with Gasteiger partial charge < -0.3 is 24.8 Å². The lowest BCUT2D eigenvalue weighted by Crippen LogP contribution is -2.64. The second-order valence-corrected chi connectivity index (χ2v) is 12.1. The van der Waals surface area contributed by atoms with Gasteiger partial charge in [-0.2, -0.15) is 9.61 Å². The molecule has 5 heterocycles. The zero-order valence-corrected chi connectivity index (χ0v) is 23.8. The van der Waals surface area contributed by atoms with E-state index in [0.717, 1.165) is 18.4 Å². The lowest BCUT2D eigenvalue weighted by Gasteiger charge is -2.48. The second kappa shape index (κ2) is 10.9. The summed E-state index contributed by atoms with van der Waals surface area (Å²) in [5, 5.41) is 7.87. The zero-order valence-electron chi connectivity index (χ0n) is 23.8. The molecule has 10 nitrogen and oxygen atoms in total. The molecule has 2 bridgehead atoms. The van der Waals surface area contributed by atoms with Gasteiger partial charge in [-0.3, -0.25) is 4.79 Å². The number of nitrogens with one attached hydrogen (secondary N) is 1. The van der Waals surface area contributed by atoms with Crippen LogP contribution in [-0.4, -0.2) is 98.8 Å². The highest BCUT2D eigenvalue weighted by Crippen LogP contribution is 2.39. The molecule has 0 aromatic carbocycles. The van der Waals surface area contributed by atoms with E-state index in [1.165, 1.54) is 6.07 Å². The number of rotatable bonds is 8. The number of aromatic nitrogens is 3. The van der Waals surface area contributed by atoms with Crippen molar-refractivity contribution in [3.8, 4) is 0 Å². The molecule has 2 amide bonds. The molecule has 3 fully saturated rings. The molecular formula is C28H39F2N7O3. The largest absolute Gasteiger partial charge is 0.439 e. The molecule has 2 unspecified atom stereocenters. The molecule has 5 rings (SSSR count). The Kier molecular flexibility index (Phi) is 7.73. The molecule has 0 spiro atoms. The number of alkyl halides is 2. The number of likely N-dealkylation sites (N-methyl/N-ethyl adjacent to an activating group) is 1. The number of piperidine rings is 1. The van der Waals surface area contributed by atoms with Crippen LogP contribution in [0.4, 0.5) is 19.4 Å². The van der Waals surface area contributed by atoms with Crippen molar-refractivity contribution in [2.24, 2.45) is 0 Å². The quantitative estimate of drug-likeness (QED) is 0.488. The number of anilines is 1. The summed E-state index contributed by atoms with van der Waals surface area (Å²) in [6.45, 7) is 7.24. The van der Waals surface area contributed by atoms with E-state index in [2.05, 4.69) is 15.4 Å². The second-order valence-electron chi connectivity index (χ2n) is 12.1. The first-order valence-corrected chi connectivity index (χ1v) is 14.0. The van der Waals surface area contributed by atoms with E-state index in [1.54, 1.807) is 21.7 Å². The highest BCUT2D eigenvalue weighted by Gasteiger charge is 2.49. The van der Waals surface area contributed by atoms with Gasteiger partial charge in [0.1, 0.15) is 17.1 Å². The number of carbonyl (C=O) groups excluding carboxylic acids is 2. The molecule has 3 aliphatic rings. The summed E-state index contributed by atoms with van der Waals surface area (Å²) in [4.78, 5) is 35.3. The van der Waals surface area contributed by atoms with Crippen molar-refractivity contribution in [2.45, 2.75) is 82.5 Å². The maximum atomic E-state index is 13.7. The Labute approximate surface area is 233 Å². The van der Waals surface area contributed by atoms with Crippen molar-refractivity contribution in [2.75, 3.05) is 39.0 Å². The van der Waals surface area contributed by atoms with E-state index in [4.69, 9.17) is 4.74 Å². The highest BCUT2D eigenvalue weighted by atomic mass is 19.3. The molecular weight excluding hydrogens is 520 g/mol. The summed E-state index contributed by atoms with van der Waals surface area (Å²) in [6, 6.07) is 1.35. The first-order chi connectivity index (χ1) is 18.9. The number of fused-ring (bicyclic) bond motifs is 3. The fraction of sp³-hybridized carbons (Fsp3) is 0.643. The van der Waals surface area contributed by atoms with Crippen molar-refractivity contribution in [3.63, 3.8) is 0 Å². The molecule has 2 atom stereocenters. The van der Waals surface area contributed by atoms with E-state index in [1.807, 2.05) is 50.7 Å². The van der Waals surface area contributed by atoms with Crippen LogP contribution in [-0.2, 0) is 9.53 Å². The monoisotopic (exact) mass is 559 g/mol. The minimum Gasteiger partial charge on any atom is -0.439 e. The minimum atomic E-state index is -2.69. The standard InChI is InChI=1S/C28H39F2N7O3/c1-17(2)21-14-31-37-23(13-22(25(29)30)33-26(21)37)32-18-11-19-8-9-20(12-18)36(19)27(39)40-28(3)15-35(16-28)24(38)7-6-10-34(4)5/h6-7,13-14,17-20,25,32H,8-12,15-16H2,1-5H3/b7-6+. The van der Waals surface area contributed by atoms with E-state index >= 15 is 0 Å². The topological polar surface area (TPSA) is 95.3 Å². The van der Waals surface area contributed by atoms with Crippen molar-refractivity contribution < 1.29 is 23.1 Å². The van der Waals surface area contributed by atoms with Crippen LogP contribution in [0.2, 0.25) is 0 Å². The van der Waals surface area contributed by atoms with Crippen molar-refractivity contribution in [1.82, 2.24) is 29.3 Å².